The first-order valence-electron chi connectivity index (χ1n) is 8.84. The highest BCUT2D eigenvalue weighted by Crippen LogP contribution is 2.30. The molecule has 1 heterocycles. The number of hydrogen-bond acceptors (Lipinski definition) is 6. The number of carbonyl (C=O) groups is 1. The van der Waals surface area contributed by atoms with Gasteiger partial charge in [0.15, 0.2) is 0 Å². The van der Waals surface area contributed by atoms with E-state index in [0.29, 0.717) is 23.7 Å². The van der Waals surface area contributed by atoms with Gasteiger partial charge in [0.2, 0.25) is 10.0 Å². The molecule has 1 aromatic heterocycles. The molecule has 0 fully saturated rings. The van der Waals surface area contributed by atoms with E-state index in [1.165, 1.54) is 41.0 Å². The first kappa shape index (κ1) is 21.9. The third-order valence-electron chi connectivity index (χ3n) is 4.23. The highest BCUT2D eigenvalue weighted by molar-refractivity contribution is 7.89. The molecule has 0 saturated heterocycles. The second-order valence-electron chi connectivity index (χ2n) is 5.83. The predicted octanol–water partition coefficient (Wildman–Crippen LogP) is 3.47. The molecule has 0 aliphatic rings. The van der Waals surface area contributed by atoms with Crippen molar-refractivity contribution in [2.24, 2.45) is 0 Å². The largest absolute Gasteiger partial charge is 0.495 e. The van der Waals surface area contributed by atoms with E-state index < -0.39 is 15.9 Å². The number of sulfonamides is 1. The Balaban J connectivity index is 2.44. The lowest BCUT2D eigenvalue weighted by Gasteiger charge is -2.20. The lowest BCUT2D eigenvalue weighted by atomic mass is 10.2. The molecule has 1 N–H and O–H groups in total. The lowest BCUT2D eigenvalue weighted by Crippen LogP contribution is -2.31. The number of rotatable bonds is 8. The molecule has 150 valence electrons. The van der Waals surface area contributed by atoms with Crippen LogP contribution in [0.2, 0.25) is 0 Å². The zero-order valence-electron chi connectivity index (χ0n) is 16.3. The van der Waals surface area contributed by atoms with Gasteiger partial charge in [-0.05, 0) is 30.7 Å². The molecule has 0 atom stereocenters. The number of carbonyl (C=O) groups excluding carboxylic acids is 1. The molecule has 0 radical (unpaired) electrons. The van der Waals surface area contributed by atoms with Gasteiger partial charge in [0.1, 0.15) is 21.7 Å². The van der Waals surface area contributed by atoms with E-state index in [4.69, 9.17) is 4.74 Å². The maximum Gasteiger partial charge on any atom is 0.256 e. The normalized spacial score (nSPS) is 11.3. The van der Waals surface area contributed by atoms with Crippen LogP contribution in [-0.2, 0) is 16.4 Å². The minimum Gasteiger partial charge on any atom is -0.495 e. The second-order valence-corrected chi connectivity index (χ2v) is 8.87. The fraction of sp³-hybridized carbons (Fsp3) is 0.368. The summed E-state index contributed by atoms with van der Waals surface area (Å²) in [7, 11) is -2.42. The first-order valence-corrected chi connectivity index (χ1v) is 11.1. The average molecular weight is 422 g/mol. The summed E-state index contributed by atoms with van der Waals surface area (Å²) in [6.07, 6.45) is 0.754. The van der Waals surface area contributed by atoms with Gasteiger partial charge in [-0.25, -0.2) is 8.42 Å². The predicted molar refractivity (Wildman–Crippen MR) is 109 cm³/mol. The summed E-state index contributed by atoms with van der Waals surface area (Å²) >= 11 is 1.33. The van der Waals surface area contributed by atoms with Gasteiger partial charge in [-0.2, -0.15) is 9.57 Å². The maximum atomic E-state index is 12.9. The topological polar surface area (TPSA) is 99.5 Å². The second kappa shape index (κ2) is 9.19. The first-order chi connectivity index (χ1) is 13.3. The van der Waals surface area contributed by atoms with Gasteiger partial charge < -0.3 is 10.1 Å². The van der Waals surface area contributed by atoms with Crippen molar-refractivity contribution in [1.82, 2.24) is 4.31 Å². The van der Waals surface area contributed by atoms with E-state index >= 15 is 0 Å². The van der Waals surface area contributed by atoms with Gasteiger partial charge in [0, 0.05) is 23.5 Å². The summed E-state index contributed by atoms with van der Waals surface area (Å²) in [6, 6.07) is 8.07. The van der Waals surface area contributed by atoms with Gasteiger partial charge in [0.05, 0.1) is 12.7 Å². The monoisotopic (exact) mass is 421 g/mol. The Morgan fingerprint density at radius 2 is 1.93 bits per heavy atom. The number of nitriles is 1. The average Bonchev–Trinajstić information content (AvgIpc) is 3.10. The van der Waals surface area contributed by atoms with Crippen LogP contribution >= 0.6 is 11.3 Å². The van der Waals surface area contributed by atoms with E-state index in [0.717, 1.165) is 11.3 Å². The number of benzene rings is 1. The van der Waals surface area contributed by atoms with Crippen LogP contribution in [0, 0.1) is 11.3 Å². The quantitative estimate of drug-likeness (QED) is 0.703. The molecule has 2 aromatic rings. The van der Waals surface area contributed by atoms with Gasteiger partial charge in [-0.1, -0.05) is 20.8 Å². The molecular weight excluding hydrogens is 398 g/mol. The van der Waals surface area contributed by atoms with Crippen molar-refractivity contribution in [3.8, 4) is 11.8 Å². The van der Waals surface area contributed by atoms with Crippen molar-refractivity contribution in [2.75, 3.05) is 25.5 Å². The molecule has 0 saturated carbocycles. The zero-order chi connectivity index (χ0) is 20.9. The SMILES string of the molecule is CCc1cc(C#N)c(NC(=O)c2ccc(OC)c(S(=O)(=O)N(CC)CC)c2)s1. The van der Waals surface area contributed by atoms with E-state index in [9.17, 15) is 18.5 Å². The number of amides is 1. The number of anilines is 1. The Kier molecular flexibility index (Phi) is 7.18. The van der Waals surface area contributed by atoms with Crippen LogP contribution in [0.5, 0.6) is 5.75 Å². The van der Waals surface area contributed by atoms with Gasteiger partial charge >= 0.3 is 0 Å². The van der Waals surface area contributed by atoms with Crippen LogP contribution in [0.25, 0.3) is 0 Å². The van der Waals surface area contributed by atoms with Crippen LogP contribution in [-0.4, -0.2) is 38.8 Å². The molecule has 28 heavy (non-hydrogen) atoms. The molecule has 0 bridgehead atoms. The number of nitrogens with one attached hydrogen (secondary N) is 1. The van der Waals surface area contributed by atoms with Crippen LogP contribution in [0.1, 0.15) is 41.6 Å². The summed E-state index contributed by atoms with van der Waals surface area (Å²) in [5.41, 5.74) is 0.557. The minimum atomic E-state index is -3.81. The number of ether oxygens (including phenoxy) is 1. The molecular formula is C19H23N3O4S2. The van der Waals surface area contributed by atoms with Crippen LogP contribution in [0.15, 0.2) is 29.2 Å². The Morgan fingerprint density at radius 3 is 2.46 bits per heavy atom. The summed E-state index contributed by atoms with van der Waals surface area (Å²) in [5.74, 6) is -0.315. The maximum absolute atomic E-state index is 12.9. The third-order valence-corrected chi connectivity index (χ3v) is 7.49. The van der Waals surface area contributed by atoms with Gasteiger partial charge in [-0.15, -0.1) is 11.3 Å². The highest BCUT2D eigenvalue weighted by Gasteiger charge is 2.27. The lowest BCUT2D eigenvalue weighted by molar-refractivity contribution is 0.102. The molecule has 1 amide bonds. The van der Waals surface area contributed by atoms with Crippen molar-refractivity contribution in [3.63, 3.8) is 0 Å². The van der Waals surface area contributed by atoms with Crippen molar-refractivity contribution in [3.05, 3.63) is 40.3 Å². The van der Waals surface area contributed by atoms with Crippen molar-refractivity contribution in [1.29, 1.82) is 5.26 Å². The van der Waals surface area contributed by atoms with E-state index in [-0.39, 0.29) is 16.2 Å². The third kappa shape index (κ3) is 4.35. The molecule has 0 aliphatic carbocycles. The molecule has 0 unspecified atom stereocenters. The minimum absolute atomic E-state index is 0.0627. The molecule has 9 heteroatoms. The summed E-state index contributed by atoms with van der Waals surface area (Å²) < 4.78 is 32.3. The zero-order valence-corrected chi connectivity index (χ0v) is 17.9. The Hall–Kier alpha value is -2.41. The van der Waals surface area contributed by atoms with Crippen molar-refractivity contribution >= 4 is 32.3 Å². The molecule has 0 spiro atoms. The molecule has 0 aliphatic heterocycles. The van der Waals surface area contributed by atoms with Crippen LogP contribution < -0.4 is 10.1 Å². The standard InChI is InChI=1S/C19H23N3O4S2/c1-5-15-10-14(12-20)19(27-15)21-18(23)13-8-9-16(26-4)17(11-13)28(24,25)22(6-2)7-3/h8-11H,5-7H2,1-4H3,(H,21,23). The summed E-state index contributed by atoms with van der Waals surface area (Å²) in [4.78, 5) is 13.6. The number of hydrogen-bond donors (Lipinski definition) is 1. The van der Waals surface area contributed by atoms with Gasteiger partial charge in [0.25, 0.3) is 5.91 Å². The molecule has 2 rings (SSSR count). The Morgan fingerprint density at radius 1 is 1.25 bits per heavy atom. The fourth-order valence-corrected chi connectivity index (χ4v) is 5.27. The van der Waals surface area contributed by atoms with E-state index in [1.807, 2.05) is 6.92 Å². The highest BCUT2D eigenvalue weighted by atomic mass is 32.2. The number of thiophene rings is 1. The Bertz CT molecular complexity index is 1000. The smallest absolute Gasteiger partial charge is 0.256 e. The Labute approximate surface area is 169 Å². The summed E-state index contributed by atoms with van der Waals surface area (Å²) in [5, 5.41) is 12.4. The van der Waals surface area contributed by atoms with Crippen LogP contribution in [0.3, 0.4) is 0 Å². The summed E-state index contributed by atoms with van der Waals surface area (Å²) in [6.45, 7) is 6.06. The number of methoxy groups -OCH3 is 1. The number of nitrogens with zero attached hydrogens (tertiary/aromatic N) is 2. The molecule has 7 nitrogen and oxygen atoms in total. The van der Waals surface area contributed by atoms with Crippen molar-refractivity contribution < 1.29 is 17.9 Å². The van der Waals surface area contributed by atoms with E-state index in [2.05, 4.69) is 11.4 Å². The van der Waals surface area contributed by atoms with E-state index in [1.54, 1.807) is 19.9 Å². The molecule has 1 aromatic carbocycles. The fourth-order valence-electron chi connectivity index (χ4n) is 2.69. The van der Waals surface area contributed by atoms with Crippen LogP contribution in [0.4, 0.5) is 5.00 Å². The number of aryl methyl sites for hydroxylation is 1. The van der Waals surface area contributed by atoms with Gasteiger partial charge in [-0.3, -0.25) is 4.79 Å². The van der Waals surface area contributed by atoms with Crippen molar-refractivity contribution in [2.45, 2.75) is 32.1 Å².